The molecule has 2 fully saturated rings. The molecule has 0 atom stereocenters. The number of likely N-dealkylation sites (tertiary alicyclic amines) is 1. The van der Waals surface area contributed by atoms with Gasteiger partial charge in [-0.25, -0.2) is 9.97 Å². The first-order chi connectivity index (χ1) is 13.6. The molecule has 2 N–H and O–H groups in total. The van der Waals surface area contributed by atoms with Gasteiger partial charge in [0.2, 0.25) is 5.95 Å². The van der Waals surface area contributed by atoms with Gasteiger partial charge in [0.15, 0.2) is 0 Å². The van der Waals surface area contributed by atoms with E-state index in [2.05, 4.69) is 9.97 Å². The molecule has 1 amide bonds. The Morgan fingerprint density at radius 3 is 2.79 bits per heavy atom. The maximum Gasteiger partial charge on any atom is 0.274 e. The molecule has 1 spiro atoms. The number of fused-ring (bicyclic) bond motifs is 3. The highest BCUT2D eigenvalue weighted by Gasteiger charge is 2.39. The molecule has 2 aliphatic rings. The molecule has 28 heavy (non-hydrogen) atoms. The van der Waals surface area contributed by atoms with Crippen LogP contribution < -0.4 is 10.5 Å². The second-order valence-corrected chi connectivity index (χ2v) is 7.74. The first kappa shape index (κ1) is 17.2. The van der Waals surface area contributed by atoms with E-state index in [0.717, 1.165) is 51.0 Å². The minimum absolute atomic E-state index is 0.0621. The number of carbonyl (C=O) groups excluding carboxylic acids is 1. The minimum Gasteiger partial charge on any atom is -0.494 e. The van der Waals surface area contributed by atoms with Crippen LogP contribution in [-0.4, -0.2) is 58.6 Å². The van der Waals surface area contributed by atoms with Crippen molar-refractivity contribution in [2.24, 2.45) is 5.41 Å². The summed E-state index contributed by atoms with van der Waals surface area (Å²) < 4.78 is 12.6. The lowest BCUT2D eigenvalue weighted by atomic mass is 9.78. The van der Waals surface area contributed by atoms with E-state index in [1.54, 1.807) is 17.7 Å². The summed E-state index contributed by atoms with van der Waals surface area (Å²) in [6.07, 6.45) is 4.74. The van der Waals surface area contributed by atoms with Crippen molar-refractivity contribution in [3.63, 3.8) is 0 Å². The largest absolute Gasteiger partial charge is 0.494 e. The predicted octanol–water partition coefficient (Wildman–Crippen LogP) is 2.12. The zero-order valence-corrected chi connectivity index (χ0v) is 15.9. The number of piperidine rings is 1. The highest BCUT2D eigenvalue weighted by atomic mass is 16.5. The average Bonchev–Trinajstić information content (AvgIpc) is 3.36. The number of methoxy groups -OCH3 is 1. The Morgan fingerprint density at radius 1 is 1.25 bits per heavy atom. The Labute approximate surface area is 162 Å². The molecule has 1 aromatic carbocycles. The first-order valence-electron chi connectivity index (χ1n) is 9.59. The first-order valence-corrected chi connectivity index (χ1v) is 9.59. The van der Waals surface area contributed by atoms with Crippen molar-refractivity contribution in [3.8, 4) is 5.75 Å². The van der Waals surface area contributed by atoms with Gasteiger partial charge < -0.3 is 20.1 Å². The number of nitrogen functional groups attached to an aromatic ring is 1. The van der Waals surface area contributed by atoms with Crippen LogP contribution in [0.5, 0.6) is 5.75 Å². The van der Waals surface area contributed by atoms with Gasteiger partial charge in [0.05, 0.1) is 13.7 Å². The molecule has 4 heterocycles. The average molecular weight is 381 g/mol. The van der Waals surface area contributed by atoms with Crippen LogP contribution in [0.1, 0.15) is 29.8 Å². The van der Waals surface area contributed by atoms with Crippen LogP contribution in [0.15, 0.2) is 24.4 Å². The molecule has 0 bridgehead atoms. The van der Waals surface area contributed by atoms with Crippen LogP contribution in [0.3, 0.4) is 0 Å². The molecule has 3 aromatic rings. The Morgan fingerprint density at radius 2 is 2.07 bits per heavy atom. The quantitative estimate of drug-likeness (QED) is 0.731. The molecule has 0 unspecified atom stereocenters. The van der Waals surface area contributed by atoms with E-state index in [4.69, 9.17) is 15.2 Å². The molecule has 8 nitrogen and oxygen atoms in total. The van der Waals surface area contributed by atoms with Gasteiger partial charge in [-0.2, -0.15) is 0 Å². The van der Waals surface area contributed by atoms with Gasteiger partial charge in [-0.15, -0.1) is 0 Å². The van der Waals surface area contributed by atoms with Crippen molar-refractivity contribution in [3.05, 3.63) is 30.1 Å². The zero-order valence-electron chi connectivity index (χ0n) is 15.9. The number of hydrogen-bond acceptors (Lipinski definition) is 6. The molecule has 0 radical (unpaired) electrons. The third-order valence-electron chi connectivity index (χ3n) is 6.15. The Bertz CT molecular complexity index is 1060. The van der Waals surface area contributed by atoms with Gasteiger partial charge in [-0.1, -0.05) is 6.07 Å². The number of hydrogen-bond donors (Lipinski definition) is 1. The number of rotatable bonds is 2. The lowest BCUT2D eigenvalue weighted by molar-refractivity contribution is 0.0528. The fraction of sp³-hybridized carbons (Fsp3) is 0.450. The van der Waals surface area contributed by atoms with Crippen molar-refractivity contribution in [2.45, 2.75) is 19.3 Å². The fourth-order valence-electron chi connectivity index (χ4n) is 4.39. The van der Waals surface area contributed by atoms with E-state index in [-0.39, 0.29) is 17.3 Å². The Balaban J connectivity index is 1.49. The van der Waals surface area contributed by atoms with E-state index < -0.39 is 0 Å². The molecule has 0 aliphatic carbocycles. The number of nitrogens with zero attached hydrogens (tertiary/aromatic N) is 4. The predicted molar refractivity (Wildman–Crippen MR) is 104 cm³/mol. The van der Waals surface area contributed by atoms with E-state index in [1.807, 2.05) is 23.1 Å². The van der Waals surface area contributed by atoms with Crippen LogP contribution >= 0.6 is 0 Å². The molecular weight excluding hydrogens is 358 g/mol. The standard InChI is InChI=1S/C20H23N5O3/c1-27-15-4-2-3-13-16(15)23-19(21)25-11-14(22-17(13)25)18(26)24-8-5-20(6-9-24)7-10-28-12-20/h2-4,11H,5-10,12H2,1H3,(H2,21,23). The van der Waals surface area contributed by atoms with Crippen LogP contribution in [0.4, 0.5) is 5.95 Å². The summed E-state index contributed by atoms with van der Waals surface area (Å²) in [6, 6.07) is 5.62. The summed E-state index contributed by atoms with van der Waals surface area (Å²) in [5.74, 6) is 0.842. The van der Waals surface area contributed by atoms with Gasteiger partial charge in [-0.3, -0.25) is 9.20 Å². The zero-order chi connectivity index (χ0) is 19.3. The normalized spacial score (nSPS) is 19.0. The molecule has 2 aliphatic heterocycles. The summed E-state index contributed by atoms with van der Waals surface area (Å²) >= 11 is 0. The number of para-hydroxylation sites is 1. The molecule has 146 valence electrons. The second kappa shape index (κ2) is 6.34. The number of ether oxygens (including phenoxy) is 2. The summed E-state index contributed by atoms with van der Waals surface area (Å²) in [4.78, 5) is 24.0. The maximum atomic E-state index is 13.1. The number of anilines is 1. The number of amides is 1. The van der Waals surface area contributed by atoms with E-state index in [1.165, 1.54) is 0 Å². The topological polar surface area (TPSA) is 95.0 Å². The van der Waals surface area contributed by atoms with Crippen molar-refractivity contribution in [1.29, 1.82) is 0 Å². The third kappa shape index (κ3) is 2.59. The molecule has 5 rings (SSSR count). The summed E-state index contributed by atoms with van der Waals surface area (Å²) in [5, 5.41) is 0.799. The van der Waals surface area contributed by atoms with Gasteiger partial charge in [-0.05, 0) is 36.8 Å². The number of aromatic nitrogens is 3. The highest BCUT2D eigenvalue weighted by Crippen LogP contribution is 2.39. The van der Waals surface area contributed by atoms with Crippen LogP contribution in [-0.2, 0) is 4.74 Å². The van der Waals surface area contributed by atoms with E-state index in [0.29, 0.717) is 22.6 Å². The van der Waals surface area contributed by atoms with Gasteiger partial charge in [0.25, 0.3) is 5.91 Å². The summed E-state index contributed by atoms with van der Waals surface area (Å²) in [7, 11) is 1.59. The SMILES string of the molecule is COc1cccc2c1nc(N)n1cc(C(=O)N3CCC4(CCOC4)CC3)nc21. The molecule has 0 saturated carbocycles. The van der Waals surface area contributed by atoms with Gasteiger partial charge in [0, 0.05) is 31.3 Å². The highest BCUT2D eigenvalue weighted by molar-refractivity contribution is 5.99. The molecule has 8 heteroatoms. The summed E-state index contributed by atoms with van der Waals surface area (Å²) in [5.41, 5.74) is 8.04. The van der Waals surface area contributed by atoms with E-state index in [9.17, 15) is 4.79 Å². The van der Waals surface area contributed by atoms with E-state index >= 15 is 0 Å². The lowest BCUT2D eigenvalue weighted by Gasteiger charge is -2.38. The number of benzene rings is 1. The van der Waals surface area contributed by atoms with Gasteiger partial charge in [0.1, 0.15) is 22.6 Å². The lowest BCUT2D eigenvalue weighted by Crippen LogP contribution is -2.43. The van der Waals surface area contributed by atoms with Crippen LogP contribution in [0.2, 0.25) is 0 Å². The smallest absolute Gasteiger partial charge is 0.274 e. The molecular formula is C20H23N5O3. The number of imidazole rings is 1. The summed E-state index contributed by atoms with van der Waals surface area (Å²) in [6.45, 7) is 3.12. The Kier molecular flexibility index (Phi) is 3.90. The van der Waals surface area contributed by atoms with Crippen molar-refractivity contribution in [2.75, 3.05) is 39.1 Å². The van der Waals surface area contributed by atoms with Gasteiger partial charge >= 0.3 is 0 Å². The van der Waals surface area contributed by atoms with Crippen molar-refractivity contribution < 1.29 is 14.3 Å². The fourth-order valence-corrected chi connectivity index (χ4v) is 4.39. The minimum atomic E-state index is -0.0621. The molecule has 2 saturated heterocycles. The third-order valence-corrected chi connectivity index (χ3v) is 6.15. The van der Waals surface area contributed by atoms with Crippen molar-refractivity contribution >= 4 is 28.4 Å². The number of nitrogens with two attached hydrogens (primary N) is 1. The second-order valence-electron chi connectivity index (χ2n) is 7.74. The monoisotopic (exact) mass is 381 g/mol. The Hall–Kier alpha value is -2.87. The number of carbonyl (C=O) groups is 1. The molecule has 2 aromatic heterocycles. The van der Waals surface area contributed by atoms with Crippen LogP contribution in [0.25, 0.3) is 16.6 Å². The maximum absolute atomic E-state index is 13.1. The van der Waals surface area contributed by atoms with Crippen molar-refractivity contribution in [1.82, 2.24) is 19.3 Å². The van der Waals surface area contributed by atoms with Crippen LogP contribution in [0, 0.1) is 5.41 Å².